The molecule has 0 saturated carbocycles. The number of aromatic amines is 1. The Bertz CT molecular complexity index is 1270. The van der Waals surface area contributed by atoms with E-state index in [9.17, 15) is 4.39 Å². The number of benzene rings is 1. The van der Waals surface area contributed by atoms with Crippen molar-refractivity contribution in [1.82, 2.24) is 24.9 Å². The van der Waals surface area contributed by atoms with Crippen LogP contribution in [0.3, 0.4) is 0 Å². The summed E-state index contributed by atoms with van der Waals surface area (Å²) in [5.41, 5.74) is 4.76. The Morgan fingerprint density at radius 3 is 2.36 bits per heavy atom. The van der Waals surface area contributed by atoms with Crippen LogP contribution in [0.1, 0.15) is 0 Å². The largest absolute Gasteiger partial charge is 0.323 e. The van der Waals surface area contributed by atoms with E-state index < -0.39 is 5.82 Å². The van der Waals surface area contributed by atoms with E-state index in [2.05, 4.69) is 19.9 Å². The Morgan fingerprint density at radius 1 is 0.750 bits per heavy atom. The maximum Gasteiger partial charge on any atom is 0.158 e. The Labute approximate surface area is 160 Å². The number of halogens is 1. The Morgan fingerprint density at radius 2 is 1.57 bits per heavy atom. The predicted molar refractivity (Wildman–Crippen MR) is 106 cm³/mol. The summed E-state index contributed by atoms with van der Waals surface area (Å²) < 4.78 is 14.5. The van der Waals surface area contributed by atoms with Gasteiger partial charge in [-0.2, -0.15) is 0 Å². The Hall–Kier alpha value is -3.93. The van der Waals surface area contributed by atoms with E-state index in [1.807, 2.05) is 48.5 Å². The smallest absolute Gasteiger partial charge is 0.158 e. The molecule has 0 atom stereocenters. The number of imidazole rings is 1. The van der Waals surface area contributed by atoms with E-state index in [0.29, 0.717) is 33.8 Å². The lowest BCUT2D eigenvalue weighted by molar-refractivity contribution is 0.625. The zero-order valence-corrected chi connectivity index (χ0v) is 14.7. The van der Waals surface area contributed by atoms with E-state index in [1.54, 1.807) is 24.7 Å². The topological polar surface area (TPSA) is 67.3 Å². The van der Waals surface area contributed by atoms with Gasteiger partial charge in [0.2, 0.25) is 0 Å². The normalized spacial score (nSPS) is 11.0. The number of H-pyrrole nitrogens is 1. The molecular formula is C22H14FN5. The second-order valence-corrected chi connectivity index (χ2v) is 6.30. The second kappa shape index (κ2) is 6.66. The lowest BCUT2D eigenvalue weighted by Crippen LogP contribution is -1.94. The molecule has 4 heterocycles. The van der Waals surface area contributed by atoms with Crippen molar-refractivity contribution in [2.24, 2.45) is 0 Å². The van der Waals surface area contributed by atoms with Gasteiger partial charge < -0.3 is 4.98 Å². The number of fused-ring (bicyclic) bond motifs is 1. The number of nitrogens with one attached hydrogen (secondary N) is 1. The fourth-order valence-electron chi connectivity index (χ4n) is 3.20. The van der Waals surface area contributed by atoms with Crippen molar-refractivity contribution in [3.05, 3.63) is 85.2 Å². The molecule has 1 N–H and O–H groups in total. The molecule has 0 aliphatic carbocycles. The zero-order valence-electron chi connectivity index (χ0n) is 14.7. The average Bonchev–Trinajstić information content (AvgIpc) is 3.18. The van der Waals surface area contributed by atoms with Crippen molar-refractivity contribution < 1.29 is 4.39 Å². The fraction of sp³-hybridized carbons (Fsp3) is 0. The summed E-state index contributed by atoms with van der Waals surface area (Å²) in [4.78, 5) is 20.7. The van der Waals surface area contributed by atoms with E-state index in [4.69, 9.17) is 4.98 Å². The van der Waals surface area contributed by atoms with Gasteiger partial charge in [-0.05, 0) is 24.3 Å². The molecule has 5 rings (SSSR count). The van der Waals surface area contributed by atoms with Crippen LogP contribution in [0.25, 0.3) is 44.9 Å². The second-order valence-electron chi connectivity index (χ2n) is 6.30. The van der Waals surface area contributed by atoms with Crippen molar-refractivity contribution in [3.63, 3.8) is 0 Å². The number of hydrogen-bond acceptors (Lipinski definition) is 4. The van der Waals surface area contributed by atoms with Gasteiger partial charge in [-0.1, -0.05) is 30.3 Å². The highest BCUT2D eigenvalue weighted by molar-refractivity contribution is 5.89. The first kappa shape index (κ1) is 16.3. The Balaban J connectivity index is 1.78. The number of rotatable bonds is 3. The summed E-state index contributed by atoms with van der Waals surface area (Å²) in [6.07, 6.45) is 6.17. The van der Waals surface area contributed by atoms with Crippen LogP contribution >= 0.6 is 0 Å². The molecule has 134 valence electrons. The van der Waals surface area contributed by atoms with Gasteiger partial charge in [0.25, 0.3) is 0 Å². The monoisotopic (exact) mass is 367 g/mol. The van der Waals surface area contributed by atoms with Crippen LogP contribution in [-0.4, -0.2) is 24.9 Å². The van der Waals surface area contributed by atoms with E-state index in [1.165, 1.54) is 6.20 Å². The lowest BCUT2D eigenvalue weighted by atomic mass is 10.0. The van der Waals surface area contributed by atoms with Crippen LogP contribution in [0, 0.1) is 5.82 Å². The van der Waals surface area contributed by atoms with Gasteiger partial charge in [0.05, 0.1) is 11.9 Å². The van der Waals surface area contributed by atoms with Gasteiger partial charge in [-0.25, -0.2) is 14.4 Å². The number of hydrogen-bond donors (Lipinski definition) is 1. The highest BCUT2D eigenvalue weighted by Gasteiger charge is 2.17. The van der Waals surface area contributed by atoms with Crippen LogP contribution in [-0.2, 0) is 0 Å². The van der Waals surface area contributed by atoms with Crippen LogP contribution < -0.4 is 0 Å². The minimum atomic E-state index is -0.410. The SMILES string of the molecule is Fc1cnccc1-c1cc2nc(-c3ccccc3)[nH]c2nc1-c1cccnc1. The lowest BCUT2D eigenvalue weighted by Gasteiger charge is -2.09. The molecule has 0 aliphatic rings. The van der Waals surface area contributed by atoms with Gasteiger partial charge in [-0.3, -0.25) is 9.97 Å². The summed E-state index contributed by atoms with van der Waals surface area (Å²) >= 11 is 0. The molecule has 0 amide bonds. The molecule has 5 aromatic rings. The highest BCUT2D eigenvalue weighted by atomic mass is 19.1. The molecular weight excluding hydrogens is 353 g/mol. The number of pyridine rings is 3. The molecule has 0 bridgehead atoms. The van der Waals surface area contributed by atoms with Gasteiger partial charge in [0.1, 0.15) is 17.2 Å². The minimum Gasteiger partial charge on any atom is -0.323 e. The van der Waals surface area contributed by atoms with Crippen molar-refractivity contribution in [1.29, 1.82) is 0 Å². The first-order valence-electron chi connectivity index (χ1n) is 8.76. The molecule has 4 aromatic heterocycles. The van der Waals surface area contributed by atoms with Crippen molar-refractivity contribution in [2.75, 3.05) is 0 Å². The third-order valence-corrected chi connectivity index (χ3v) is 4.52. The summed E-state index contributed by atoms with van der Waals surface area (Å²) in [5, 5.41) is 0. The first-order chi connectivity index (χ1) is 13.8. The van der Waals surface area contributed by atoms with Gasteiger partial charge in [0, 0.05) is 40.8 Å². The predicted octanol–water partition coefficient (Wildman–Crippen LogP) is 4.89. The van der Waals surface area contributed by atoms with Crippen LogP contribution in [0.2, 0.25) is 0 Å². The molecule has 28 heavy (non-hydrogen) atoms. The van der Waals surface area contributed by atoms with E-state index in [0.717, 1.165) is 11.1 Å². The molecule has 0 radical (unpaired) electrons. The summed E-state index contributed by atoms with van der Waals surface area (Å²) in [7, 11) is 0. The van der Waals surface area contributed by atoms with E-state index in [-0.39, 0.29) is 0 Å². The molecule has 0 unspecified atom stereocenters. The Kier molecular flexibility index (Phi) is 3.87. The van der Waals surface area contributed by atoms with Gasteiger partial charge >= 0.3 is 0 Å². The zero-order chi connectivity index (χ0) is 18.9. The summed E-state index contributed by atoms with van der Waals surface area (Å²) in [6.45, 7) is 0. The fourth-order valence-corrected chi connectivity index (χ4v) is 3.20. The van der Waals surface area contributed by atoms with Gasteiger partial charge in [-0.15, -0.1) is 0 Å². The van der Waals surface area contributed by atoms with Crippen LogP contribution in [0.4, 0.5) is 4.39 Å². The molecule has 0 fully saturated rings. The van der Waals surface area contributed by atoms with Crippen molar-refractivity contribution in [2.45, 2.75) is 0 Å². The van der Waals surface area contributed by atoms with Gasteiger partial charge in [0.15, 0.2) is 5.65 Å². The van der Waals surface area contributed by atoms with Crippen molar-refractivity contribution >= 4 is 11.2 Å². The maximum atomic E-state index is 14.5. The minimum absolute atomic E-state index is 0.410. The maximum absolute atomic E-state index is 14.5. The standard InChI is InChI=1S/C22H14FN5/c23-18-13-25-10-8-16(18)17-11-19-22(27-20(17)15-7-4-9-24-12-15)28-21(26-19)14-5-2-1-3-6-14/h1-13H,(H,26,27,28). The van der Waals surface area contributed by atoms with Crippen LogP contribution in [0.15, 0.2) is 79.4 Å². The molecule has 1 aromatic carbocycles. The van der Waals surface area contributed by atoms with Crippen LogP contribution in [0.5, 0.6) is 0 Å². The first-order valence-corrected chi connectivity index (χ1v) is 8.76. The molecule has 0 aliphatic heterocycles. The number of aromatic nitrogens is 5. The molecule has 5 nitrogen and oxygen atoms in total. The summed E-state index contributed by atoms with van der Waals surface area (Å²) in [6, 6.07) is 17.0. The molecule has 0 saturated heterocycles. The molecule has 0 spiro atoms. The highest BCUT2D eigenvalue weighted by Crippen LogP contribution is 2.34. The summed E-state index contributed by atoms with van der Waals surface area (Å²) in [5.74, 6) is 0.306. The van der Waals surface area contributed by atoms with E-state index >= 15 is 0 Å². The third kappa shape index (κ3) is 2.81. The molecule has 6 heteroatoms. The third-order valence-electron chi connectivity index (χ3n) is 4.52. The average molecular weight is 367 g/mol. The van der Waals surface area contributed by atoms with Crippen molar-refractivity contribution in [3.8, 4) is 33.8 Å². The quantitative estimate of drug-likeness (QED) is 0.493. The number of nitrogens with zero attached hydrogens (tertiary/aromatic N) is 4.